The lowest BCUT2D eigenvalue weighted by molar-refractivity contribution is -0.157. The molecule has 0 saturated carbocycles. The minimum atomic E-state index is -5.55. The smallest absolute Gasteiger partial charge is 0.474 e. The van der Waals surface area contributed by atoms with Crippen molar-refractivity contribution in [2.45, 2.75) is 101 Å². The van der Waals surface area contributed by atoms with Crippen molar-refractivity contribution in [2.75, 3.05) is 6.54 Å². The van der Waals surface area contributed by atoms with Crippen LogP contribution in [-0.2, 0) is 26.0 Å². The van der Waals surface area contributed by atoms with Gasteiger partial charge in [-0.3, -0.25) is 9.59 Å². The highest BCUT2D eigenvalue weighted by Crippen LogP contribution is 2.31. The molecule has 2 rings (SSSR count). The van der Waals surface area contributed by atoms with Crippen molar-refractivity contribution in [1.82, 2.24) is 10.2 Å². The molecule has 0 radical (unpaired) electrons. The van der Waals surface area contributed by atoms with E-state index in [4.69, 9.17) is 0 Å². The Bertz CT molecular complexity index is 1300. The largest absolute Gasteiger partial charge is 0.501 e. The molecule has 8 nitrogen and oxygen atoms in total. The molecule has 238 valence electrons. The fourth-order valence-corrected chi connectivity index (χ4v) is 5.38. The van der Waals surface area contributed by atoms with Gasteiger partial charge in [-0.2, -0.15) is 13.2 Å². The highest BCUT2D eigenvalue weighted by Gasteiger charge is 2.46. The maximum absolute atomic E-state index is 12.9. The summed E-state index contributed by atoms with van der Waals surface area (Å²) in [6.07, 6.45) is 11.9. The van der Waals surface area contributed by atoms with Crippen LogP contribution in [-0.4, -0.2) is 48.3 Å². The van der Waals surface area contributed by atoms with E-state index >= 15 is 0 Å². The Morgan fingerprint density at radius 3 is 1.84 bits per heavy atom. The number of unbranched alkanes of at least 4 members (excludes halogenated alkanes) is 9. The highest BCUT2D eigenvalue weighted by molar-refractivity contribution is 7.92. The molecule has 2 amide bonds. The van der Waals surface area contributed by atoms with Crippen molar-refractivity contribution >= 4 is 27.6 Å². The first-order chi connectivity index (χ1) is 20.3. The molecule has 2 aromatic rings. The van der Waals surface area contributed by atoms with Gasteiger partial charge in [-0.25, -0.2) is 13.2 Å². The van der Waals surface area contributed by atoms with E-state index in [0.717, 1.165) is 48.4 Å². The first-order valence-corrected chi connectivity index (χ1v) is 16.1. The first-order valence-electron chi connectivity index (χ1n) is 14.6. The van der Waals surface area contributed by atoms with Crippen LogP contribution in [0.3, 0.4) is 0 Å². The normalized spacial score (nSPS) is 12.5. The number of hydrogen-bond donors (Lipinski definition) is 2. The fourth-order valence-electron chi connectivity index (χ4n) is 4.62. The number of rotatable bonds is 17. The fraction of sp³-hybridized carbons (Fsp3) is 0.516. The highest BCUT2D eigenvalue weighted by atomic mass is 32.2. The van der Waals surface area contributed by atoms with Crippen LogP contribution >= 0.6 is 0 Å². The number of alkyl halides is 3. The third-order valence-corrected chi connectivity index (χ3v) is 8.78. The number of carboxylic acid groups (broad SMARTS) is 1. The van der Waals surface area contributed by atoms with Crippen LogP contribution in [0.1, 0.15) is 106 Å². The average Bonchev–Trinajstić information content (AvgIpc) is 2.97. The minimum absolute atomic E-state index is 0.171. The van der Waals surface area contributed by atoms with Gasteiger partial charge in [0.1, 0.15) is 0 Å². The zero-order chi connectivity index (χ0) is 32.0. The molecule has 0 aromatic heterocycles. The molecular weight excluding hydrogens is 585 g/mol. The molecule has 0 spiro atoms. The second-order valence-electron chi connectivity index (χ2n) is 10.6. The van der Waals surface area contributed by atoms with E-state index in [-0.39, 0.29) is 18.0 Å². The van der Waals surface area contributed by atoms with Crippen LogP contribution in [0.15, 0.2) is 53.4 Å². The Morgan fingerprint density at radius 2 is 1.35 bits per heavy atom. The number of hydrogen-bond acceptors (Lipinski definition) is 5. The summed E-state index contributed by atoms with van der Waals surface area (Å²) in [4.78, 5) is 36.6. The summed E-state index contributed by atoms with van der Waals surface area (Å²) in [5.74, 6) is -3.23. The summed E-state index contributed by atoms with van der Waals surface area (Å²) < 4.78 is 61.9. The molecule has 0 aliphatic heterocycles. The Morgan fingerprint density at radius 1 is 0.837 bits per heavy atom. The van der Waals surface area contributed by atoms with Gasteiger partial charge in [0.25, 0.3) is 15.7 Å². The molecule has 12 heteroatoms. The standard InChI is InChI=1S/C31H41F3N2O6S/c1-3-4-5-6-7-8-9-10-11-12-21-35-28(37)26-15-13-24(14-16-26)22-36(29(38)30(39)40)23(2)25-17-19-27(20-18-25)43(41,42)31(32,33)34/h13-20,23H,3-12,21-22H2,1-2H3,(H,35,37)(H,39,40). The van der Waals surface area contributed by atoms with Gasteiger partial charge in [0.05, 0.1) is 10.9 Å². The van der Waals surface area contributed by atoms with E-state index in [1.54, 1.807) is 24.3 Å². The van der Waals surface area contributed by atoms with Gasteiger partial charge in [0.15, 0.2) is 0 Å². The zero-order valence-corrected chi connectivity index (χ0v) is 25.5. The number of aliphatic carboxylic acids is 1. The Labute approximate surface area is 251 Å². The first kappa shape index (κ1) is 35.8. The second-order valence-corrected chi connectivity index (χ2v) is 12.5. The van der Waals surface area contributed by atoms with Crippen molar-refractivity contribution in [2.24, 2.45) is 0 Å². The van der Waals surface area contributed by atoms with Gasteiger partial charge >= 0.3 is 17.4 Å². The monoisotopic (exact) mass is 626 g/mol. The maximum atomic E-state index is 12.9. The number of carboxylic acids is 1. The van der Waals surface area contributed by atoms with Crippen LogP contribution in [0.2, 0.25) is 0 Å². The van der Waals surface area contributed by atoms with E-state index < -0.39 is 38.2 Å². The number of halogens is 3. The van der Waals surface area contributed by atoms with Gasteiger partial charge in [-0.1, -0.05) is 89.0 Å². The number of amides is 2. The van der Waals surface area contributed by atoms with Crippen molar-refractivity contribution < 1.29 is 41.1 Å². The van der Waals surface area contributed by atoms with Crippen LogP contribution in [0.4, 0.5) is 13.2 Å². The SMILES string of the molecule is CCCCCCCCCCCCNC(=O)c1ccc(CN(C(=O)C(=O)O)C(C)c2ccc(S(=O)(=O)C(F)(F)F)cc2)cc1. The lowest BCUT2D eigenvalue weighted by Crippen LogP contribution is -2.38. The van der Waals surface area contributed by atoms with Crippen LogP contribution in [0.5, 0.6) is 0 Å². The topological polar surface area (TPSA) is 121 Å². The molecule has 0 bridgehead atoms. The van der Waals surface area contributed by atoms with Gasteiger partial charge in [-0.05, 0) is 48.7 Å². The van der Waals surface area contributed by atoms with Crippen LogP contribution < -0.4 is 5.32 Å². The average molecular weight is 627 g/mol. The van der Waals surface area contributed by atoms with Gasteiger partial charge in [-0.15, -0.1) is 0 Å². The van der Waals surface area contributed by atoms with Gasteiger partial charge in [0, 0.05) is 18.7 Å². The summed E-state index contributed by atoms with van der Waals surface area (Å²) in [5, 5.41) is 12.2. The summed E-state index contributed by atoms with van der Waals surface area (Å²) in [7, 11) is -5.55. The number of sulfone groups is 1. The Hall–Kier alpha value is -3.41. The van der Waals surface area contributed by atoms with Gasteiger partial charge in [0.2, 0.25) is 0 Å². The summed E-state index contributed by atoms with van der Waals surface area (Å²) in [5.41, 5.74) is -4.31. The van der Waals surface area contributed by atoms with Gasteiger partial charge < -0.3 is 15.3 Å². The molecule has 0 aliphatic rings. The zero-order valence-electron chi connectivity index (χ0n) is 24.7. The third-order valence-electron chi connectivity index (χ3n) is 7.27. The number of carbonyl (C=O) groups is 3. The maximum Gasteiger partial charge on any atom is 0.501 e. The number of carbonyl (C=O) groups excluding carboxylic acids is 2. The van der Waals surface area contributed by atoms with Crippen molar-refractivity contribution in [3.8, 4) is 0 Å². The van der Waals surface area contributed by atoms with E-state index in [2.05, 4.69) is 12.2 Å². The summed E-state index contributed by atoms with van der Waals surface area (Å²) in [6, 6.07) is 9.12. The quantitative estimate of drug-likeness (QED) is 0.147. The summed E-state index contributed by atoms with van der Waals surface area (Å²) in [6.45, 7) is 4.06. The molecule has 2 N–H and O–H groups in total. The second kappa shape index (κ2) is 17.0. The lowest BCUT2D eigenvalue weighted by atomic mass is 10.0. The predicted octanol–water partition coefficient (Wildman–Crippen LogP) is 6.81. The number of benzene rings is 2. The molecule has 0 heterocycles. The van der Waals surface area contributed by atoms with E-state index in [1.807, 2.05) is 0 Å². The third kappa shape index (κ3) is 11.0. The summed E-state index contributed by atoms with van der Waals surface area (Å²) >= 11 is 0. The van der Waals surface area contributed by atoms with E-state index in [1.165, 1.54) is 51.9 Å². The van der Waals surface area contributed by atoms with E-state index in [0.29, 0.717) is 17.7 Å². The number of nitrogens with zero attached hydrogens (tertiary/aromatic N) is 1. The molecule has 0 saturated heterocycles. The van der Waals surface area contributed by atoms with Crippen molar-refractivity contribution in [1.29, 1.82) is 0 Å². The minimum Gasteiger partial charge on any atom is -0.474 e. The van der Waals surface area contributed by atoms with E-state index in [9.17, 15) is 41.1 Å². The molecular formula is C31H41F3N2O6S. The molecule has 0 aliphatic carbocycles. The number of nitrogens with one attached hydrogen (secondary N) is 1. The lowest BCUT2D eigenvalue weighted by Gasteiger charge is -2.28. The Balaban J connectivity index is 1.94. The molecule has 43 heavy (non-hydrogen) atoms. The molecule has 0 fully saturated rings. The van der Waals surface area contributed by atoms with Crippen LogP contribution in [0, 0.1) is 0 Å². The van der Waals surface area contributed by atoms with Crippen molar-refractivity contribution in [3.05, 3.63) is 65.2 Å². The molecule has 2 aromatic carbocycles. The predicted molar refractivity (Wildman–Crippen MR) is 157 cm³/mol. The Kier molecular flexibility index (Phi) is 14.2. The van der Waals surface area contributed by atoms with Crippen molar-refractivity contribution in [3.63, 3.8) is 0 Å². The molecule has 1 unspecified atom stereocenters. The van der Waals surface area contributed by atoms with Crippen LogP contribution in [0.25, 0.3) is 0 Å². The molecule has 1 atom stereocenters.